The van der Waals surface area contributed by atoms with Gasteiger partial charge in [-0.1, -0.05) is 6.07 Å². The molecular formula is C15H19N3O2. The number of carbonyl (C=O) groups excluding carboxylic acids is 1. The third-order valence-corrected chi connectivity index (χ3v) is 3.88. The first-order valence-corrected chi connectivity index (χ1v) is 6.97. The number of benzene rings is 1. The minimum absolute atomic E-state index is 0.0881. The summed E-state index contributed by atoms with van der Waals surface area (Å²) in [6.45, 7) is 3.98. The molecule has 3 rings (SSSR count). The van der Waals surface area contributed by atoms with Crippen LogP contribution in [-0.2, 0) is 0 Å². The van der Waals surface area contributed by atoms with E-state index in [4.69, 9.17) is 5.11 Å². The summed E-state index contributed by atoms with van der Waals surface area (Å²) in [7, 11) is 0. The minimum atomic E-state index is 0.0881. The molecule has 1 aromatic carbocycles. The smallest absolute Gasteiger partial charge is 0.254 e. The second-order valence-corrected chi connectivity index (χ2v) is 5.14. The molecule has 2 aromatic rings. The Balaban J connectivity index is 1.69. The number of aromatic nitrogens is 1. The summed E-state index contributed by atoms with van der Waals surface area (Å²) in [6.07, 6.45) is 1.88. The first-order valence-electron chi connectivity index (χ1n) is 6.97. The average molecular weight is 273 g/mol. The van der Waals surface area contributed by atoms with Crippen LogP contribution in [0.2, 0.25) is 0 Å². The van der Waals surface area contributed by atoms with Crippen LogP contribution >= 0.6 is 0 Å². The number of hydrogen-bond donors (Lipinski definition) is 2. The lowest BCUT2D eigenvalue weighted by atomic mass is 10.1. The van der Waals surface area contributed by atoms with Crippen LogP contribution in [-0.4, -0.2) is 65.1 Å². The number of hydrogen-bond acceptors (Lipinski definition) is 3. The Bertz CT molecular complexity index is 600. The Morgan fingerprint density at radius 1 is 1.20 bits per heavy atom. The SMILES string of the molecule is O=C(c1ccc2cc[nH]c2c1)N1CCN(CCO)CC1. The molecule has 0 radical (unpaired) electrons. The van der Waals surface area contributed by atoms with Crippen LogP contribution < -0.4 is 0 Å². The molecule has 0 atom stereocenters. The van der Waals surface area contributed by atoms with Gasteiger partial charge in [0.2, 0.25) is 0 Å². The number of nitrogens with zero attached hydrogens (tertiary/aromatic N) is 2. The van der Waals surface area contributed by atoms with Crippen molar-refractivity contribution in [1.82, 2.24) is 14.8 Å². The Kier molecular flexibility index (Phi) is 3.71. The quantitative estimate of drug-likeness (QED) is 0.874. The molecule has 1 aromatic heterocycles. The van der Waals surface area contributed by atoms with Crippen LogP contribution in [0.15, 0.2) is 30.5 Å². The van der Waals surface area contributed by atoms with Gasteiger partial charge in [-0.2, -0.15) is 0 Å². The van der Waals surface area contributed by atoms with E-state index in [1.54, 1.807) is 0 Å². The number of amides is 1. The lowest BCUT2D eigenvalue weighted by Crippen LogP contribution is -2.49. The molecule has 5 heteroatoms. The number of nitrogens with one attached hydrogen (secondary N) is 1. The van der Waals surface area contributed by atoms with Gasteiger partial charge < -0.3 is 15.0 Å². The predicted octanol–water partition coefficient (Wildman–Crippen LogP) is 0.918. The van der Waals surface area contributed by atoms with E-state index >= 15 is 0 Å². The number of piperazine rings is 1. The number of β-amino-alcohol motifs (C(OH)–C–C–N with tert-alkyl or cyclic N) is 1. The topological polar surface area (TPSA) is 59.6 Å². The molecule has 0 bridgehead atoms. The minimum Gasteiger partial charge on any atom is -0.395 e. The van der Waals surface area contributed by atoms with Crippen molar-refractivity contribution in [3.63, 3.8) is 0 Å². The fraction of sp³-hybridized carbons (Fsp3) is 0.400. The highest BCUT2D eigenvalue weighted by molar-refractivity contribution is 5.98. The number of H-pyrrole nitrogens is 1. The summed E-state index contributed by atoms with van der Waals surface area (Å²) < 4.78 is 0. The predicted molar refractivity (Wildman–Crippen MR) is 77.7 cm³/mol. The van der Waals surface area contributed by atoms with Gasteiger partial charge in [-0.3, -0.25) is 9.69 Å². The first kappa shape index (κ1) is 13.1. The summed E-state index contributed by atoms with van der Waals surface area (Å²) in [5, 5.41) is 10.0. The zero-order valence-corrected chi connectivity index (χ0v) is 11.4. The Labute approximate surface area is 117 Å². The third-order valence-electron chi connectivity index (χ3n) is 3.88. The van der Waals surface area contributed by atoms with Gasteiger partial charge in [0.05, 0.1) is 6.61 Å². The maximum atomic E-state index is 12.5. The molecule has 1 aliphatic rings. The maximum absolute atomic E-state index is 12.5. The van der Waals surface area contributed by atoms with Crippen LogP contribution in [0.3, 0.4) is 0 Å². The number of aromatic amines is 1. The molecule has 0 saturated carbocycles. The highest BCUT2D eigenvalue weighted by Gasteiger charge is 2.21. The molecule has 1 aliphatic heterocycles. The molecule has 2 heterocycles. The van der Waals surface area contributed by atoms with Crippen molar-refractivity contribution < 1.29 is 9.90 Å². The zero-order valence-electron chi connectivity index (χ0n) is 11.4. The van der Waals surface area contributed by atoms with E-state index < -0.39 is 0 Å². The van der Waals surface area contributed by atoms with Crippen LogP contribution in [0.4, 0.5) is 0 Å². The third kappa shape index (κ3) is 2.55. The molecule has 106 valence electrons. The number of rotatable bonds is 3. The monoisotopic (exact) mass is 273 g/mol. The van der Waals surface area contributed by atoms with E-state index in [1.165, 1.54) is 0 Å². The largest absolute Gasteiger partial charge is 0.395 e. The summed E-state index contributed by atoms with van der Waals surface area (Å²) in [5.74, 6) is 0.0881. The van der Waals surface area contributed by atoms with Gasteiger partial charge in [-0.25, -0.2) is 0 Å². The maximum Gasteiger partial charge on any atom is 0.254 e. The second-order valence-electron chi connectivity index (χ2n) is 5.14. The molecule has 1 saturated heterocycles. The van der Waals surface area contributed by atoms with Gasteiger partial charge in [0.1, 0.15) is 0 Å². The van der Waals surface area contributed by atoms with Crippen molar-refractivity contribution in [1.29, 1.82) is 0 Å². The van der Waals surface area contributed by atoms with Crippen molar-refractivity contribution in [3.8, 4) is 0 Å². The van der Waals surface area contributed by atoms with Gasteiger partial charge in [-0.05, 0) is 23.6 Å². The molecule has 1 amide bonds. The highest BCUT2D eigenvalue weighted by atomic mass is 16.3. The standard InChI is InChI=1S/C15H19N3O2/c19-10-9-17-5-7-18(8-6-17)15(20)13-2-1-12-3-4-16-14(12)11-13/h1-4,11,16,19H,5-10H2. The number of aliphatic hydroxyl groups excluding tert-OH is 1. The van der Waals surface area contributed by atoms with Crippen LogP contribution in [0.5, 0.6) is 0 Å². The van der Waals surface area contributed by atoms with Crippen molar-refractivity contribution >= 4 is 16.8 Å². The molecule has 5 nitrogen and oxygen atoms in total. The highest BCUT2D eigenvalue weighted by Crippen LogP contribution is 2.16. The Hall–Kier alpha value is -1.85. The summed E-state index contributed by atoms with van der Waals surface area (Å²) in [6, 6.07) is 7.77. The lowest BCUT2D eigenvalue weighted by Gasteiger charge is -2.34. The van der Waals surface area contributed by atoms with E-state index in [0.717, 1.165) is 42.6 Å². The molecular weight excluding hydrogens is 254 g/mol. The summed E-state index contributed by atoms with van der Waals surface area (Å²) >= 11 is 0. The van der Waals surface area contributed by atoms with E-state index in [-0.39, 0.29) is 12.5 Å². The normalized spacial score (nSPS) is 16.8. The second kappa shape index (κ2) is 5.64. The van der Waals surface area contributed by atoms with Gasteiger partial charge in [0.15, 0.2) is 0 Å². The van der Waals surface area contributed by atoms with E-state index in [1.807, 2.05) is 35.4 Å². The van der Waals surface area contributed by atoms with Gasteiger partial charge >= 0.3 is 0 Å². The zero-order chi connectivity index (χ0) is 13.9. The van der Waals surface area contributed by atoms with E-state index in [2.05, 4.69) is 9.88 Å². The van der Waals surface area contributed by atoms with Crippen LogP contribution in [0.1, 0.15) is 10.4 Å². The van der Waals surface area contributed by atoms with E-state index in [0.29, 0.717) is 6.54 Å². The van der Waals surface area contributed by atoms with Crippen molar-refractivity contribution in [3.05, 3.63) is 36.0 Å². The molecule has 2 N–H and O–H groups in total. The van der Waals surface area contributed by atoms with Crippen molar-refractivity contribution in [2.45, 2.75) is 0 Å². The summed E-state index contributed by atoms with van der Waals surface area (Å²) in [4.78, 5) is 19.7. The fourth-order valence-electron chi connectivity index (χ4n) is 2.68. The molecule has 1 fully saturated rings. The summed E-state index contributed by atoms with van der Waals surface area (Å²) in [5.41, 5.74) is 1.73. The lowest BCUT2D eigenvalue weighted by molar-refractivity contribution is 0.0615. The van der Waals surface area contributed by atoms with Gasteiger partial charge in [-0.15, -0.1) is 0 Å². The fourth-order valence-corrected chi connectivity index (χ4v) is 2.68. The molecule has 0 unspecified atom stereocenters. The van der Waals surface area contributed by atoms with E-state index in [9.17, 15) is 4.79 Å². The first-order chi connectivity index (χ1) is 9.78. The van der Waals surface area contributed by atoms with Gasteiger partial charge in [0.25, 0.3) is 5.91 Å². The van der Waals surface area contributed by atoms with Crippen molar-refractivity contribution in [2.75, 3.05) is 39.3 Å². The Morgan fingerprint density at radius 3 is 2.75 bits per heavy atom. The average Bonchev–Trinajstić information content (AvgIpc) is 2.95. The Morgan fingerprint density at radius 2 is 2.00 bits per heavy atom. The number of carbonyl (C=O) groups is 1. The van der Waals surface area contributed by atoms with Crippen LogP contribution in [0, 0.1) is 0 Å². The molecule has 0 spiro atoms. The van der Waals surface area contributed by atoms with Crippen LogP contribution in [0.25, 0.3) is 10.9 Å². The van der Waals surface area contributed by atoms with Gasteiger partial charge in [0, 0.05) is 50.0 Å². The molecule has 0 aliphatic carbocycles. The number of aliphatic hydroxyl groups is 1. The molecule has 20 heavy (non-hydrogen) atoms. The van der Waals surface area contributed by atoms with Crippen molar-refractivity contribution in [2.24, 2.45) is 0 Å². The number of fused-ring (bicyclic) bond motifs is 1.